The van der Waals surface area contributed by atoms with Crippen molar-refractivity contribution in [2.45, 2.75) is 13.3 Å². The third-order valence-electron chi connectivity index (χ3n) is 3.00. The van der Waals surface area contributed by atoms with Gasteiger partial charge >= 0.3 is 5.97 Å². The second kappa shape index (κ2) is 6.13. The van der Waals surface area contributed by atoms with Crippen LogP contribution in [0.4, 0.5) is 5.69 Å². The minimum atomic E-state index is -1.09. The maximum atomic E-state index is 12.1. The van der Waals surface area contributed by atoms with Crippen LogP contribution in [0, 0.1) is 0 Å². The molecule has 0 radical (unpaired) electrons. The highest BCUT2D eigenvalue weighted by Crippen LogP contribution is 2.24. The van der Waals surface area contributed by atoms with Crippen LogP contribution in [-0.2, 0) is 6.42 Å². The van der Waals surface area contributed by atoms with E-state index in [0.29, 0.717) is 23.4 Å². The van der Waals surface area contributed by atoms with Crippen molar-refractivity contribution in [1.29, 1.82) is 0 Å². The van der Waals surface area contributed by atoms with Crippen LogP contribution in [0.5, 0.6) is 5.75 Å². The summed E-state index contributed by atoms with van der Waals surface area (Å²) in [5.74, 6) is -0.622. The first-order chi connectivity index (χ1) is 10.1. The van der Waals surface area contributed by atoms with Crippen molar-refractivity contribution in [2.24, 2.45) is 0 Å². The molecule has 110 valence electrons. The molecule has 0 aliphatic carbocycles. The quantitative estimate of drug-likeness (QED) is 0.883. The predicted octanol–water partition coefficient (Wildman–Crippen LogP) is 2.80. The van der Waals surface area contributed by atoms with Crippen molar-refractivity contribution in [3.05, 3.63) is 47.4 Å². The number of hydrogen-bond acceptors (Lipinski definition) is 4. The number of carboxylic acids is 1. The molecule has 1 heterocycles. The highest BCUT2D eigenvalue weighted by molar-refractivity contribution is 6.05. The van der Waals surface area contributed by atoms with E-state index in [1.165, 1.54) is 31.6 Å². The smallest absolute Gasteiger partial charge is 0.339 e. The molecule has 1 amide bonds. The molecule has 6 nitrogen and oxygen atoms in total. The zero-order valence-corrected chi connectivity index (χ0v) is 11.7. The highest BCUT2D eigenvalue weighted by Gasteiger charge is 2.15. The molecule has 0 unspecified atom stereocenters. The number of nitrogens with one attached hydrogen (secondary N) is 1. The topological polar surface area (TPSA) is 88.8 Å². The monoisotopic (exact) mass is 289 g/mol. The maximum absolute atomic E-state index is 12.1. The van der Waals surface area contributed by atoms with Crippen LogP contribution in [0.25, 0.3) is 0 Å². The van der Waals surface area contributed by atoms with Crippen LogP contribution < -0.4 is 10.1 Å². The van der Waals surface area contributed by atoms with E-state index >= 15 is 0 Å². The summed E-state index contributed by atoms with van der Waals surface area (Å²) in [4.78, 5) is 23.1. The Balaban J connectivity index is 2.24. The largest absolute Gasteiger partial charge is 0.496 e. The van der Waals surface area contributed by atoms with E-state index in [0.717, 1.165) is 0 Å². The minimum Gasteiger partial charge on any atom is -0.496 e. The summed E-state index contributed by atoms with van der Waals surface area (Å²) >= 11 is 0. The number of aryl methyl sites for hydroxylation is 1. The SMILES string of the molecule is CCc1occc1C(=O)Nc1ccc(C(=O)O)c(OC)c1. The lowest BCUT2D eigenvalue weighted by molar-refractivity contribution is 0.0693. The minimum absolute atomic E-state index is 0.0352. The fourth-order valence-electron chi connectivity index (χ4n) is 1.96. The molecule has 21 heavy (non-hydrogen) atoms. The van der Waals surface area contributed by atoms with Crippen LogP contribution >= 0.6 is 0 Å². The molecule has 0 bridgehead atoms. The molecule has 0 fully saturated rings. The lowest BCUT2D eigenvalue weighted by Gasteiger charge is -2.09. The zero-order valence-electron chi connectivity index (χ0n) is 11.7. The van der Waals surface area contributed by atoms with Gasteiger partial charge in [0, 0.05) is 18.2 Å². The Morgan fingerprint density at radius 1 is 1.29 bits per heavy atom. The van der Waals surface area contributed by atoms with Crippen molar-refractivity contribution in [1.82, 2.24) is 0 Å². The number of methoxy groups -OCH3 is 1. The zero-order chi connectivity index (χ0) is 15.4. The van der Waals surface area contributed by atoms with E-state index < -0.39 is 5.97 Å². The van der Waals surface area contributed by atoms with E-state index in [9.17, 15) is 9.59 Å². The Morgan fingerprint density at radius 3 is 2.67 bits per heavy atom. The molecule has 6 heteroatoms. The lowest BCUT2D eigenvalue weighted by atomic mass is 10.1. The molecule has 2 aromatic rings. The number of carbonyl (C=O) groups is 2. The Bertz CT molecular complexity index is 674. The number of rotatable bonds is 5. The number of benzene rings is 1. The van der Waals surface area contributed by atoms with Gasteiger partial charge in [0.2, 0.25) is 0 Å². The predicted molar refractivity (Wildman–Crippen MR) is 76.0 cm³/mol. The summed E-state index contributed by atoms with van der Waals surface area (Å²) in [6.45, 7) is 1.89. The molecule has 0 aliphatic heterocycles. The van der Waals surface area contributed by atoms with E-state index in [1.807, 2.05) is 6.92 Å². The average molecular weight is 289 g/mol. The van der Waals surface area contributed by atoms with Gasteiger partial charge in [-0.05, 0) is 18.2 Å². The molecule has 0 aliphatic rings. The third kappa shape index (κ3) is 3.05. The fraction of sp³-hybridized carbons (Fsp3) is 0.200. The van der Waals surface area contributed by atoms with Gasteiger partial charge in [0.1, 0.15) is 17.1 Å². The number of aromatic carboxylic acids is 1. The van der Waals surface area contributed by atoms with Crippen LogP contribution in [0.15, 0.2) is 34.9 Å². The molecule has 0 saturated heterocycles. The van der Waals surface area contributed by atoms with Gasteiger partial charge in [0.05, 0.1) is 18.9 Å². The van der Waals surface area contributed by atoms with Gasteiger partial charge < -0.3 is 19.6 Å². The number of carboxylic acid groups (broad SMARTS) is 1. The van der Waals surface area contributed by atoms with Crippen LogP contribution in [-0.4, -0.2) is 24.1 Å². The first kappa shape index (κ1) is 14.6. The fourth-order valence-corrected chi connectivity index (χ4v) is 1.96. The first-order valence-electron chi connectivity index (χ1n) is 6.35. The van der Waals surface area contributed by atoms with Crippen molar-refractivity contribution in [3.8, 4) is 5.75 Å². The Morgan fingerprint density at radius 2 is 2.05 bits per heavy atom. The van der Waals surface area contributed by atoms with Gasteiger partial charge in [-0.25, -0.2) is 4.79 Å². The van der Waals surface area contributed by atoms with Crippen LogP contribution in [0.3, 0.4) is 0 Å². The number of amides is 1. The van der Waals surface area contributed by atoms with Gasteiger partial charge in [-0.15, -0.1) is 0 Å². The number of hydrogen-bond donors (Lipinski definition) is 2. The second-order valence-electron chi connectivity index (χ2n) is 4.29. The van der Waals surface area contributed by atoms with E-state index in [-0.39, 0.29) is 17.2 Å². The van der Waals surface area contributed by atoms with Gasteiger partial charge in [0.15, 0.2) is 0 Å². The molecule has 2 N–H and O–H groups in total. The van der Waals surface area contributed by atoms with Gasteiger partial charge in [-0.3, -0.25) is 4.79 Å². The Labute approximate surface area is 121 Å². The Hall–Kier alpha value is -2.76. The summed E-state index contributed by atoms with van der Waals surface area (Å²) in [6.07, 6.45) is 2.07. The number of ether oxygens (including phenoxy) is 1. The third-order valence-corrected chi connectivity index (χ3v) is 3.00. The molecule has 0 atom stereocenters. The Kier molecular flexibility index (Phi) is 4.27. The first-order valence-corrected chi connectivity index (χ1v) is 6.35. The van der Waals surface area contributed by atoms with Crippen LogP contribution in [0.1, 0.15) is 33.4 Å². The molecule has 0 spiro atoms. The van der Waals surface area contributed by atoms with Crippen molar-refractivity contribution < 1.29 is 23.8 Å². The van der Waals surface area contributed by atoms with Gasteiger partial charge in [-0.1, -0.05) is 6.92 Å². The molecule has 1 aromatic heterocycles. The molecule has 0 saturated carbocycles. The number of carbonyl (C=O) groups excluding carboxylic acids is 1. The van der Waals surface area contributed by atoms with Crippen molar-refractivity contribution in [3.63, 3.8) is 0 Å². The highest BCUT2D eigenvalue weighted by atomic mass is 16.5. The molecular formula is C15H15NO5. The van der Waals surface area contributed by atoms with E-state index in [1.54, 1.807) is 6.07 Å². The maximum Gasteiger partial charge on any atom is 0.339 e. The molecule has 1 aromatic carbocycles. The summed E-state index contributed by atoms with van der Waals surface area (Å²) in [6, 6.07) is 5.95. The lowest BCUT2D eigenvalue weighted by Crippen LogP contribution is -2.13. The van der Waals surface area contributed by atoms with E-state index in [4.69, 9.17) is 14.3 Å². The van der Waals surface area contributed by atoms with Crippen molar-refractivity contribution >= 4 is 17.6 Å². The number of anilines is 1. The summed E-state index contributed by atoms with van der Waals surface area (Å²) in [5, 5.41) is 11.7. The molecule has 2 rings (SSSR count). The standard InChI is InChI=1S/C15H15NO5/c1-3-12-10(6-7-21-12)14(17)16-9-4-5-11(15(18)19)13(8-9)20-2/h4-8H,3H2,1-2H3,(H,16,17)(H,18,19). The second-order valence-corrected chi connectivity index (χ2v) is 4.29. The van der Waals surface area contributed by atoms with E-state index in [2.05, 4.69) is 5.32 Å². The summed E-state index contributed by atoms with van der Waals surface area (Å²) in [7, 11) is 1.37. The number of furan rings is 1. The van der Waals surface area contributed by atoms with Crippen LogP contribution in [0.2, 0.25) is 0 Å². The summed E-state index contributed by atoms with van der Waals surface area (Å²) < 4.78 is 10.2. The van der Waals surface area contributed by atoms with Gasteiger partial charge in [-0.2, -0.15) is 0 Å². The normalized spacial score (nSPS) is 10.2. The molecular weight excluding hydrogens is 274 g/mol. The average Bonchev–Trinajstić information content (AvgIpc) is 2.95. The van der Waals surface area contributed by atoms with Gasteiger partial charge in [0.25, 0.3) is 5.91 Å². The summed E-state index contributed by atoms with van der Waals surface area (Å²) in [5.41, 5.74) is 0.942. The van der Waals surface area contributed by atoms with Crippen molar-refractivity contribution in [2.75, 3.05) is 12.4 Å².